The van der Waals surface area contributed by atoms with E-state index in [1.54, 1.807) is 16.8 Å². The molecule has 2 heterocycles. The van der Waals surface area contributed by atoms with E-state index in [-0.39, 0.29) is 23.6 Å². The number of carbonyl (C=O) groups is 1. The number of aryl methyl sites for hydroxylation is 1. The quantitative estimate of drug-likeness (QED) is 0.867. The zero-order valence-corrected chi connectivity index (χ0v) is 14.3. The number of aromatic nitrogens is 1. The molecule has 1 saturated heterocycles. The van der Waals surface area contributed by atoms with Crippen molar-refractivity contribution < 1.29 is 4.79 Å². The van der Waals surface area contributed by atoms with Crippen LogP contribution in [0.2, 0.25) is 0 Å². The zero-order valence-electron chi connectivity index (χ0n) is 14.3. The predicted octanol–water partition coefficient (Wildman–Crippen LogP) is 3.03. The second kappa shape index (κ2) is 7.04. The summed E-state index contributed by atoms with van der Waals surface area (Å²) in [6, 6.07) is 15.9. The average molecular weight is 324 g/mol. The summed E-state index contributed by atoms with van der Waals surface area (Å²) in [5.74, 6) is 0.508. The van der Waals surface area contributed by atoms with Gasteiger partial charge in [0.25, 0.3) is 5.56 Å². The maximum atomic E-state index is 12.7. The van der Waals surface area contributed by atoms with E-state index in [1.807, 2.05) is 17.0 Å². The van der Waals surface area contributed by atoms with Crippen molar-refractivity contribution in [3.05, 3.63) is 70.6 Å². The van der Waals surface area contributed by atoms with Gasteiger partial charge in [-0.25, -0.2) is 0 Å². The molecule has 0 unspecified atom stereocenters. The number of nitrogens with zero attached hydrogens (tertiary/aromatic N) is 2. The van der Waals surface area contributed by atoms with Gasteiger partial charge in [0.15, 0.2) is 0 Å². The lowest BCUT2D eigenvalue weighted by atomic mass is 9.92. The number of pyridine rings is 1. The molecule has 0 aliphatic carbocycles. The Bertz CT molecular complexity index is 753. The lowest BCUT2D eigenvalue weighted by Gasteiger charge is -2.28. The molecular weight excluding hydrogens is 300 g/mol. The summed E-state index contributed by atoms with van der Waals surface area (Å²) >= 11 is 0. The van der Waals surface area contributed by atoms with Crippen molar-refractivity contribution in [2.24, 2.45) is 0 Å². The fraction of sp³-hybridized carbons (Fsp3) is 0.400. The molecule has 0 saturated carbocycles. The maximum absolute atomic E-state index is 12.7. The number of hydrogen-bond acceptors (Lipinski definition) is 2. The van der Waals surface area contributed by atoms with Crippen LogP contribution in [0.5, 0.6) is 0 Å². The molecule has 4 heteroatoms. The predicted molar refractivity (Wildman–Crippen MR) is 94.9 cm³/mol. The lowest BCUT2D eigenvalue weighted by Crippen LogP contribution is -2.40. The first-order chi connectivity index (χ1) is 11.6. The molecule has 1 amide bonds. The Morgan fingerprint density at radius 1 is 1.08 bits per heavy atom. The van der Waals surface area contributed by atoms with Gasteiger partial charge in [0, 0.05) is 43.2 Å². The Kier molecular flexibility index (Phi) is 4.84. The number of amides is 1. The number of carbonyl (C=O) groups excluding carboxylic acids is 1. The molecule has 1 aliphatic rings. The monoisotopic (exact) mass is 324 g/mol. The summed E-state index contributed by atoms with van der Waals surface area (Å²) in [6.07, 6.45) is 3.08. The Balaban J connectivity index is 1.69. The van der Waals surface area contributed by atoms with E-state index in [4.69, 9.17) is 0 Å². The summed E-state index contributed by atoms with van der Waals surface area (Å²) in [7, 11) is 0. The van der Waals surface area contributed by atoms with Gasteiger partial charge in [-0.05, 0) is 31.9 Å². The van der Waals surface area contributed by atoms with Gasteiger partial charge in [0.05, 0.1) is 0 Å². The smallest absolute Gasteiger partial charge is 0.250 e. The first-order valence-corrected chi connectivity index (χ1v) is 8.59. The minimum absolute atomic E-state index is 0.0602. The van der Waals surface area contributed by atoms with Crippen molar-refractivity contribution in [2.75, 3.05) is 0 Å². The normalized spacial score (nSPS) is 23.4. The molecule has 0 radical (unpaired) electrons. The van der Waals surface area contributed by atoms with Crippen molar-refractivity contribution >= 4 is 5.91 Å². The average Bonchev–Trinajstić information content (AvgIpc) is 2.89. The standard InChI is InChI=1S/C20H24N2O2/c1-15-14-18(17-8-4-3-5-9-17)16(2)22(15)20(24)11-13-21-12-7-6-10-19(21)23/h3-10,12,15-16,18H,11,13-14H2,1-2H3/t15-,16-,18-/m1/s1. The van der Waals surface area contributed by atoms with Gasteiger partial charge in [0.1, 0.15) is 0 Å². The molecule has 3 atom stereocenters. The molecule has 4 nitrogen and oxygen atoms in total. The Labute approximate surface area is 142 Å². The van der Waals surface area contributed by atoms with Crippen LogP contribution in [-0.4, -0.2) is 27.5 Å². The molecule has 1 aromatic heterocycles. The molecule has 0 bridgehead atoms. The van der Waals surface area contributed by atoms with E-state index in [1.165, 1.54) is 11.6 Å². The van der Waals surface area contributed by atoms with E-state index >= 15 is 0 Å². The molecule has 1 aliphatic heterocycles. The summed E-state index contributed by atoms with van der Waals surface area (Å²) in [4.78, 5) is 26.5. The minimum Gasteiger partial charge on any atom is -0.337 e. The van der Waals surface area contributed by atoms with E-state index in [0.717, 1.165) is 6.42 Å². The largest absolute Gasteiger partial charge is 0.337 e. The highest BCUT2D eigenvalue weighted by Crippen LogP contribution is 2.37. The van der Waals surface area contributed by atoms with Crippen molar-refractivity contribution in [1.82, 2.24) is 9.47 Å². The van der Waals surface area contributed by atoms with Crippen molar-refractivity contribution in [3.8, 4) is 0 Å². The minimum atomic E-state index is -0.0602. The van der Waals surface area contributed by atoms with Gasteiger partial charge in [-0.3, -0.25) is 9.59 Å². The fourth-order valence-corrected chi connectivity index (χ4v) is 3.85. The van der Waals surface area contributed by atoms with Gasteiger partial charge in [-0.15, -0.1) is 0 Å². The van der Waals surface area contributed by atoms with Gasteiger partial charge in [0.2, 0.25) is 5.91 Å². The summed E-state index contributed by atoms with van der Waals surface area (Å²) in [6.45, 7) is 4.68. The second-order valence-electron chi connectivity index (χ2n) is 6.63. The fourth-order valence-electron chi connectivity index (χ4n) is 3.85. The molecule has 3 rings (SSSR count). The van der Waals surface area contributed by atoms with Crippen molar-refractivity contribution in [3.63, 3.8) is 0 Å². The van der Waals surface area contributed by atoms with Crippen LogP contribution in [0.25, 0.3) is 0 Å². The van der Waals surface area contributed by atoms with Crippen LogP contribution in [0.15, 0.2) is 59.5 Å². The second-order valence-corrected chi connectivity index (χ2v) is 6.63. The van der Waals surface area contributed by atoms with Crippen molar-refractivity contribution in [1.29, 1.82) is 0 Å². The van der Waals surface area contributed by atoms with Crippen LogP contribution in [0.1, 0.15) is 38.2 Å². The summed E-state index contributed by atoms with van der Waals surface area (Å²) in [5, 5.41) is 0. The maximum Gasteiger partial charge on any atom is 0.250 e. The van der Waals surface area contributed by atoms with Crippen LogP contribution >= 0.6 is 0 Å². The first-order valence-electron chi connectivity index (χ1n) is 8.59. The van der Waals surface area contributed by atoms with E-state index < -0.39 is 0 Å². The molecule has 0 spiro atoms. The van der Waals surface area contributed by atoms with Crippen LogP contribution in [-0.2, 0) is 11.3 Å². The highest BCUT2D eigenvalue weighted by atomic mass is 16.2. The lowest BCUT2D eigenvalue weighted by molar-refractivity contribution is -0.133. The van der Waals surface area contributed by atoms with Gasteiger partial charge >= 0.3 is 0 Å². The van der Waals surface area contributed by atoms with Crippen molar-refractivity contribution in [2.45, 2.75) is 51.2 Å². The number of likely N-dealkylation sites (tertiary alicyclic amines) is 1. The third kappa shape index (κ3) is 3.28. The summed E-state index contributed by atoms with van der Waals surface area (Å²) in [5.41, 5.74) is 1.24. The molecule has 1 aromatic carbocycles. The molecule has 1 fully saturated rings. The topological polar surface area (TPSA) is 42.3 Å². The first kappa shape index (κ1) is 16.5. The zero-order chi connectivity index (χ0) is 17.1. The molecule has 24 heavy (non-hydrogen) atoms. The number of hydrogen-bond donors (Lipinski definition) is 0. The molecule has 126 valence electrons. The van der Waals surface area contributed by atoms with Crippen LogP contribution in [0.3, 0.4) is 0 Å². The van der Waals surface area contributed by atoms with E-state index in [9.17, 15) is 9.59 Å². The van der Waals surface area contributed by atoms with Gasteiger partial charge in [-0.1, -0.05) is 36.4 Å². The third-order valence-electron chi connectivity index (χ3n) is 5.07. The molecular formula is C20H24N2O2. The van der Waals surface area contributed by atoms with E-state index in [0.29, 0.717) is 18.9 Å². The summed E-state index contributed by atoms with van der Waals surface area (Å²) < 4.78 is 1.60. The van der Waals surface area contributed by atoms with E-state index in [2.05, 4.69) is 38.1 Å². The number of rotatable bonds is 4. The third-order valence-corrected chi connectivity index (χ3v) is 5.07. The Morgan fingerprint density at radius 2 is 1.79 bits per heavy atom. The van der Waals surface area contributed by atoms with Crippen LogP contribution in [0, 0.1) is 0 Å². The van der Waals surface area contributed by atoms with Gasteiger partial charge < -0.3 is 9.47 Å². The number of benzene rings is 1. The Hall–Kier alpha value is -2.36. The van der Waals surface area contributed by atoms with Crippen LogP contribution in [0.4, 0.5) is 0 Å². The highest BCUT2D eigenvalue weighted by Gasteiger charge is 2.39. The molecule has 0 N–H and O–H groups in total. The Morgan fingerprint density at radius 3 is 2.50 bits per heavy atom. The van der Waals surface area contributed by atoms with Crippen LogP contribution < -0.4 is 5.56 Å². The molecule has 2 aromatic rings. The highest BCUT2D eigenvalue weighted by molar-refractivity contribution is 5.77. The van der Waals surface area contributed by atoms with Gasteiger partial charge in [-0.2, -0.15) is 0 Å². The SMILES string of the molecule is C[C@@H]1C[C@@H](c2ccccc2)[C@@H](C)N1C(=O)CCn1ccccc1=O.